The number of aromatic nitrogens is 5. The number of hydrogen-bond acceptors (Lipinski definition) is 7. The Hall–Kier alpha value is -3.49. The summed E-state index contributed by atoms with van der Waals surface area (Å²) in [6.07, 6.45) is 7.30. The first-order valence-corrected chi connectivity index (χ1v) is 10.9. The van der Waals surface area contributed by atoms with Gasteiger partial charge >= 0.3 is 0 Å². The number of rotatable bonds is 4. The van der Waals surface area contributed by atoms with E-state index in [2.05, 4.69) is 24.7 Å². The van der Waals surface area contributed by atoms with Crippen LogP contribution >= 0.6 is 0 Å². The molecule has 0 saturated heterocycles. The first kappa shape index (κ1) is 20.4. The first-order valence-electron chi connectivity index (χ1n) is 10.9. The predicted molar refractivity (Wildman–Crippen MR) is 116 cm³/mol. The number of fused-ring (bicyclic) bond motifs is 3. The van der Waals surface area contributed by atoms with E-state index in [9.17, 15) is 4.79 Å². The van der Waals surface area contributed by atoms with E-state index in [1.54, 1.807) is 26.6 Å². The minimum absolute atomic E-state index is 0.0711. The molecule has 0 radical (unpaired) electrons. The highest BCUT2D eigenvalue weighted by Crippen LogP contribution is 2.41. The van der Waals surface area contributed by atoms with E-state index >= 15 is 0 Å². The maximum atomic E-state index is 13.3. The van der Waals surface area contributed by atoms with Crippen molar-refractivity contribution in [2.24, 2.45) is 0 Å². The largest absolute Gasteiger partial charge is 0.493 e. The molecule has 1 amide bonds. The molecule has 166 valence electrons. The highest BCUT2D eigenvalue weighted by molar-refractivity contribution is 5.92. The van der Waals surface area contributed by atoms with Gasteiger partial charge in [0.25, 0.3) is 5.91 Å². The Morgan fingerprint density at radius 2 is 1.78 bits per heavy atom. The SMILES string of the molecule is COc1ccc(-c2nnc3n2[C@H]2CCCC[C@H]2N(C(=O)c2cnc(C)cn2)C3)cc1OC. The molecular weight excluding hydrogens is 408 g/mol. The molecule has 3 aromatic rings. The van der Waals surface area contributed by atoms with Crippen LogP contribution in [0.4, 0.5) is 0 Å². The molecule has 9 heteroatoms. The average Bonchev–Trinajstić information content (AvgIpc) is 3.27. The quantitative estimate of drug-likeness (QED) is 0.622. The molecular formula is C23H26N6O3. The molecule has 1 aliphatic heterocycles. The Balaban J connectivity index is 1.54. The van der Waals surface area contributed by atoms with Crippen LogP contribution in [0.15, 0.2) is 30.6 Å². The molecule has 0 spiro atoms. The van der Waals surface area contributed by atoms with Crippen LogP contribution in [-0.2, 0) is 6.54 Å². The van der Waals surface area contributed by atoms with Gasteiger partial charge < -0.3 is 18.9 Å². The molecule has 32 heavy (non-hydrogen) atoms. The Morgan fingerprint density at radius 1 is 1.00 bits per heavy atom. The third-order valence-electron chi connectivity index (χ3n) is 6.41. The zero-order valence-electron chi connectivity index (χ0n) is 18.5. The highest BCUT2D eigenvalue weighted by Gasteiger charge is 2.41. The summed E-state index contributed by atoms with van der Waals surface area (Å²) in [4.78, 5) is 23.8. The van der Waals surface area contributed by atoms with Crippen LogP contribution in [0.5, 0.6) is 11.5 Å². The monoisotopic (exact) mass is 434 g/mol. The average molecular weight is 435 g/mol. The van der Waals surface area contributed by atoms with Crippen molar-refractivity contribution in [3.63, 3.8) is 0 Å². The van der Waals surface area contributed by atoms with Crippen molar-refractivity contribution in [1.82, 2.24) is 29.6 Å². The van der Waals surface area contributed by atoms with Crippen LogP contribution in [0, 0.1) is 6.92 Å². The van der Waals surface area contributed by atoms with Gasteiger partial charge in [-0.1, -0.05) is 12.8 Å². The molecule has 2 aromatic heterocycles. The number of aryl methyl sites for hydroxylation is 1. The molecule has 2 atom stereocenters. The second kappa shape index (κ2) is 8.22. The zero-order chi connectivity index (χ0) is 22.2. The van der Waals surface area contributed by atoms with Gasteiger partial charge in [-0.2, -0.15) is 0 Å². The molecule has 1 saturated carbocycles. The summed E-state index contributed by atoms with van der Waals surface area (Å²) < 4.78 is 13.1. The summed E-state index contributed by atoms with van der Waals surface area (Å²) in [5, 5.41) is 8.99. The number of amides is 1. The third kappa shape index (κ3) is 3.37. The van der Waals surface area contributed by atoms with E-state index in [-0.39, 0.29) is 18.0 Å². The highest BCUT2D eigenvalue weighted by atomic mass is 16.5. The van der Waals surface area contributed by atoms with E-state index < -0.39 is 0 Å². The fourth-order valence-electron chi connectivity index (χ4n) is 4.85. The van der Waals surface area contributed by atoms with Crippen LogP contribution < -0.4 is 9.47 Å². The summed E-state index contributed by atoms with van der Waals surface area (Å²) in [5.41, 5.74) is 2.07. The molecule has 2 aliphatic rings. The van der Waals surface area contributed by atoms with Crippen LogP contribution in [-0.4, -0.2) is 55.8 Å². The lowest BCUT2D eigenvalue weighted by Gasteiger charge is -2.44. The Bertz CT molecular complexity index is 1140. The molecule has 0 bridgehead atoms. The molecule has 0 N–H and O–H groups in total. The molecule has 9 nitrogen and oxygen atoms in total. The lowest BCUT2D eigenvalue weighted by Crippen LogP contribution is -2.50. The van der Waals surface area contributed by atoms with E-state index in [0.29, 0.717) is 23.7 Å². The van der Waals surface area contributed by atoms with Gasteiger partial charge in [-0.15, -0.1) is 10.2 Å². The molecule has 0 unspecified atom stereocenters. The van der Waals surface area contributed by atoms with Gasteiger partial charge in [0.1, 0.15) is 5.69 Å². The van der Waals surface area contributed by atoms with Gasteiger partial charge in [0.05, 0.1) is 44.7 Å². The number of methoxy groups -OCH3 is 2. The Morgan fingerprint density at radius 3 is 2.50 bits per heavy atom. The summed E-state index contributed by atoms with van der Waals surface area (Å²) in [6.45, 7) is 2.26. The summed E-state index contributed by atoms with van der Waals surface area (Å²) in [5.74, 6) is 2.79. The topological polar surface area (TPSA) is 95.3 Å². The second-order valence-corrected chi connectivity index (χ2v) is 8.27. The molecule has 1 aromatic carbocycles. The number of benzene rings is 1. The van der Waals surface area contributed by atoms with Crippen molar-refractivity contribution in [1.29, 1.82) is 0 Å². The van der Waals surface area contributed by atoms with Gasteiger partial charge in [-0.3, -0.25) is 9.78 Å². The van der Waals surface area contributed by atoms with E-state index in [1.807, 2.05) is 30.0 Å². The van der Waals surface area contributed by atoms with Crippen LogP contribution in [0.25, 0.3) is 11.4 Å². The number of ether oxygens (including phenoxy) is 2. The molecule has 5 rings (SSSR count). The summed E-state index contributed by atoms with van der Waals surface area (Å²) >= 11 is 0. The Labute approximate surface area is 186 Å². The van der Waals surface area contributed by atoms with Gasteiger partial charge in [0.15, 0.2) is 23.1 Å². The maximum Gasteiger partial charge on any atom is 0.274 e. The number of hydrogen-bond donors (Lipinski definition) is 0. The second-order valence-electron chi connectivity index (χ2n) is 8.27. The molecule has 1 aliphatic carbocycles. The van der Waals surface area contributed by atoms with Crippen molar-refractivity contribution < 1.29 is 14.3 Å². The maximum absolute atomic E-state index is 13.3. The van der Waals surface area contributed by atoms with Crippen molar-refractivity contribution in [2.75, 3.05) is 14.2 Å². The number of nitrogens with zero attached hydrogens (tertiary/aromatic N) is 6. The van der Waals surface area contributed by atoms with Gasteiger partial charge in [0.2, 0.25) is 0 Å². The lowest BCUT2D eigenvalue weighted by molar-refractivity contribution is 0.0414. The number of carbonyl (C=O) groups excluding carboxylic acids is 1. The number of carbonyl (C=O) groups is 1. The minimum Gasteiger partial charge on any atom is -0.493 e. The van der Waals surface area contributed by atoms with E-state index in [4.69, 9.17) is 9.47 Å². The zero-order valence-corrected chi connectivity index (χ0v) is 18.5. The Kier molecular flexibility index (Phi) is 5.24. The van der Waals surface area contributed by atoms with Crippen LogP contribution in [0.2, 0.25) is 0 Å². The van der Waals surface area contributed by atoms with Crippen molar-refractivity contribution in [3.8, 4) is 22.9 Å². The summed E-state index contributed by atoms with van der Waals surface area (Å²) in [6, 6.07) is 5.96. The third-order valence-corrected chi connectivity index (χ3v) is 6.41. The van der Waals surface area contributed by atoms with Crippen LogP contribution in [0.1, 0.15) is 53.7 Å². The summed E-state index contributed by atoms with van der Waals surface area (Å²) in [7, 11) is 3.24. The van der Waals surface area contributed by atoms with Gasteiger partial charge in [-0.25, -0.2) is 4.98 Å². The van der Waals surface area contributed by atoms with Gasteiger partial charge in [0, 0.05) is 11.8 Å². The standard InChI is InChI=1S/C23H26N6O3/c1-14-11-25-16(12-24-14)23(30)28-13-21-26-27-22(29(21)18-7-5-4-6-17(18)28)15-8-9-19(31-2)20(10-15)32-3/h8-12,17-18H,4-7,13H2,1-3H3/t17-,18+/m1/s1. The lowest BCUT2D eigenvalue weighted by atomic mass is 9.87. The first-order chi connectivity index (χ1) is 15.6. The van der Waals surface area contributed by atoms with Gasteiger partial charge in [-0.05, 0) is 38.0 Å². The fraction of sp³-hybridized carbons (Fsp3) is 0.435. The normalized spacial score (nSPS) is 19.8. The predicted octanol–water partition coefficient (Wildman–Crippen LogP) is 3.20. The smallest absolute Gasteiger partial charge is 0.274 e. The molecule has 1 fully saturated rings. The van der Waals surface area contributed by atoms with Crippen molar-refractivity contribution in [2.45, 2.75) is 51.2 Å². The fourth-order valence-corrected chi connectivity index (χ4v) is 4.85. The van der Waals surface area contributed by atoms with Crippen molar-refractivity contribution in [3.05, 3.63) is 47.8 Å². The van der Waals surface area contributed by atoms with Crippen molar-refractivity contribution >= 4 is 5.91 Å². The molecule has 3 heterocycles. The minimum atomic E-state index is -0.101. The van der Waals surface area contributed by atoms with E-state index in [1.165, 1.54) is 0 Å². The van der Waals surface area contributed by atoms with E-state index in [0.717, 1.165) is 48.6 Å². The van der Waals surface area contributed by atoms with Crippen LogP contribution in [0.3, 0.4) is 0 Å².